The molecule has 3 nitrogen and oxygen atoms in total. The number of aromatic nitrogens is 1. The summed E-state index contributed by atoms with van der Waals surface area (Å²) in [5, 5.41) is 6.15. The Labute approximate surface area is 149 Å². The highest BCUT2D eigenvalue weighted by molar-refractivity contribution is 7.17. The Morgan fingerprint density at radius 3 is 2.92 bits per heavy atom. The lowest BCUT2D eigenvalue weighted by molar-refractivity contribution is 0.0958. The number of nitrogens with one attached hydrogen (secondary N) is 1. The monoisotopic (exact) mass is 354 g/mol. The van der Waals surface area contributed by atoms with E-state index >= 15 is 0 Å². The maximum atomic E-state index is 12.5. The van der Waals surface area contributed by atoms with Gasteiger partial charge in [0.25, 0.3) is 5.91 Å². The topological polar surface area (TPSA) is 42.0 Å². The number of aryl methyl sites for hydroxylation is 3. The lowest BCUT2D eigenvalue weighted by Crippen LogP contribution is -2.24. The molecule has 0 saturated carbocycles. The van der Waals surface area contributed by atoms with Crippen LogP contribution in [0.3, 0.4) is 0 Å². The summed E-state index contributed by atoms with van der Waals surface area (Å²) < 4.78 is 0. The minimum Gasteiger partial charge on any atom is -0.351 e. The van der Waals surface area contributed by atoms with Gasteiger partial charge in [-0.25, -0.2) is 4.98 Å². The van der Waals surface area contributed by atoms with E-state index in [2.05, 4.69) is 46.0 Å². The molecule has 1 aromatic carbocycles. The molecular formula is C19H18N2OS2. The molecule has 0 fully saturated rings. The molecule has 0 bridgehead atoms. The standard InChI is InChI=1S/C19H18N2OS2/c1-12-21-15(11-23-12)8-9-20-19(22)17-10-14-7-6-13-4-2-3-5-16(13)18(14)24-17/h2-5,10-11H,6-9H2,1H3,(H,20,22). The first-order valence-electron chi connectivity index (χ1n) is 8.11. The van der Waals surface area contributed by atoms with E-state index in [1.807, 2.05) is 6.92 Å². The van der Waals surface area contributed by atoms with Crippen LogP contribution in [0.15, 0.2) is 35.7 Å². The van der Waals surface area contributed by atoms with Crippen LogP contribution >= 0.6 is 22.7 Å². The van der Waals surface area contributed by atoms with Gasteiger partial charge in [0.05, 0.1) is 15.6 Å². The van der Waals surface area contributed by atoms with Crippen LogP contribution in [0.2, 0.25) is 0 Å². The molecule has 24 heavy (non-hydrogen) atoms. The van der Waals surface area contributed by atoms with Crippen molar-refractivity contribution in [3.8, 4) is 10.4 Å². The summed E-state index contributed by atoms with van der Waals surface area (Å²) >= 11 is 3.26. The van der Waals surface area contributed by atoms with Crippen LogP contribution in [-0.2, 0) is 19.3 Å². The fraction of sp³-hybridized carbons (Fsp3) is 0.263. The lowest BCUT2D eigenvalue weighted by Gasteiger charge is -2.15. The van der Waals surface area contributed by atoms with Crippen LogP contribution in [-0.4, -0.2) is 17.4 Å². The van der Waals surface area contributed by atoms with Gasteiger partial charge in [-0.05, 0) is 42.5 Å². The molecule has 3 aromatic rings. The third kappa shape index (κ3) is 3.01. The number of hydrogen-bond acceptors (Lipinski definition) is 4. The van der Waals surface area contributed by atoms with Gasteiger partial charge in [0.2, 0.25) is 0 Å². The fourth-order valence-electron chi connectivity index (χ4n) is 3.10. The maximum Gasteiger partial charge on any atom is 0.261 e. The van der Waals surface area contributed by atoms with Gasteiger partial charge in [-0.1, -0.05) is 24.3 Å². The Balaban J connectivity index is 1.46. The Morgan fingerprint density at radius 1 is 1.25 bits per heavy atom. The number of rotatable bonds is 4. The first-order valence-corrected chi connectivity index (χ1v) is 9.80. The zero-order valence-electron chi connectivity index (χ0n) is 13.5. The van der Waals surface area contributed by atoms with E-state index in [4.69, 9.17) is 0 Å². The fourth-order valence-corrected chi connectivity index (χ4v) is 4.93. The summed E-state index contributed by atoms with van der Waals surface area (Å²) in [6.07, 6.45) is 2.86. The van der Waals surface area contributed by atoms with Crippen molar-refractivity contribution in [3.63, 3.8) is 0 Å². The van der Waals surface area contributed by atoms with Gasteiger partial charge in [0.15, 0.2) is 0 Å². The predicted octanol–water partition coefficient (Wildman–Crippen LogP) is 4.25. The number of carbonyl (C=O) groups is 1. The number of fused-ring (bicyclic) bond motifs is 3. The number of hydrogen-bond donors (Lipinski definition) is 1. The van der Waals surface area contributed by atoms with Gasteiger partial charge in [-0.3, -0.25) is 4.79 Å². The van der Waals surface area contributed by atoms with E-state index in [-0.39, 0.29) is 5.91 Å². The second kappa shape index (κ2) is 6.49. The molecule has 1 amide bonds. The molecule has 1 N–H and O–H groups in total. The van der Waals surface area contributed by atoms with Crippen LogP contribution in [0.4, 0.5) is 0 Å². The van der Waals surface area contributed by atoms with Crippen molar-refractivity contribution in [2.24, 2.45) is 0 Å². The van der Waals surface area contributed by atoms with Gasteiger partial charge >= 0.3 is 0 Å². The van der Waals surface area contributed by atoms with Crippen molar-refractivity contribution >= 4 is 28.6 Å². The highest BCUT2D eigenvalue weighted by Crippen LogP contribution is 2.39. The Hall–Kier alpha value is -1.98. The van der Waals surface area contributed by atoms with Gasteiger partial charge in [-0.15, -0.1) is 22.7 Å². The Morgan fingerprint density at radius 2 is 2.08 bits per heavy atom. The van der Waals surface area contributed by atoms with E-state index < -0.39 is 0 Å². The van der Waals surface area contributed by atoms with Crippen LogP contribution in [0.5, 0.6) is 0 Å². The molecule has 2 heterocycles. The van der Waals surface area contributed by atoms with Gasteiger partial charge in [-0.2, -0.15) is 0 Å². The van der Waals surface area contributed by atoms with Crippen LogP contribution in [0, 0.1) is 6.92 Å². The highest BCUT2D eigenvalue weighted by Gasteiger charge is 2.21. The van der Waals surface area contributed by atoms with E-state index in [1.54, 1.807) is 22.7 Å². The normalized spacial score (nSPS) is 12.5. The van der Waals surface area contributed by atoms with Crippen molar-refractivity contribution in [1.82, 2.24) is 10.3 Å². The average Bonchev–Trinajstić information content (AvgIpc) is 3.21. The molecule has 1 aliphatic carbocycles. The number of benzene rings is 1. The van der Waals surface area contributed by atoms with Crippen molar-refractivity contribution in [3.05, 3.63) is 62.4 Å². The average molecular weight is 355 g/mol. The molecule has 0 spiro atoms. The van der Waals surface area contributed by atoms with Crippen LogP contribution in [0.25, 0.3) is 10.4 Å². The minimum atomic E-state index is 0.0267. The van der Waals surface area contributed by atoms with Gasteiger partial charge < -0.3 is 5.32 Å². The first kappa shape index (κ1) is 15.5. The molecule has 0 unspecified atom stereocenters. The molecule has 2 aromatic heterocycles. The number of amides is 1. The SMILES string of the molecule is Cc1nc(CCNC(=O)c2cc3c(s2)-c2ccccc2CC3)cs1. The first-order chi connectivity index (χ1) is 11.7. The molecule has 0 radical (unpaired) electrons. The molecule has 0 atom stereocenters. The molecule has 1 aliphatic rings. The Bertz CT molecular complexity index is 894. The molecule has 122 valence electrons. The largest absolute Gasteiger partial charge is 0.351 e. The van der Waals surface area contributed by atoms with E-state index in [0.717, 1.165) is 34.8 Å². The van der Waals surface area contributed by atoms with Crippen molar-refractivity contribution in [1.29, 1.82) is 0 Å². The third-order valence-corrected chi connectivity index (χ3v) is 6.32. The van der Waals surface area contributed by atoms with Gasteiger partial charge in [0.1, 0.15) is 0 Å². The molecule has 0 saturated heterocycles. The quantitative estimate of drug-likeness (QED) is 0.761. The van der Waals surface area contributed by atoms with Gasteiger partial charge in [0, 0.05) is 23.2 Å². The second-order valence-corrected chi connectivity index (χ2v) is 8.10. The van der Waals surface area contributed by atoms with E-state index in [1.165, 1.54) is 21.6 Å². The number of nitrogens with zero attached hydrogens (tertiary/aromatic N) is 1. The highest BCUT2D eigenvalue weighted by atomic mass is 32.1. The van der Waals surface area contributed by atoms with Crippen LogP contribution in [0.1, 0.15) is 31.5 Å². The Kier molecular flexibility index (Phi) is 4.21. The smallest absolute Gasteiger partial charge is 0.261 e. The second-order valence-electron chi connectivity index (χ2n) is 5.99. The summed E-state index contributed by atoms with van der Waals surface area (Å²) in [4.78, 5) is 19.0. The summed E-state index contributed by atoms with van der Waals surface area (Å²) in [6.45, 7) is 2.63. The van der Waals surface area contributed by atoms with Crippen LogP contribution < -0.4 is 5.32 Å². The molecule has 0 aliphatic heterocycles. The predicted molar refractivity (Wildman–Crippen MR) is 100 cm³/mol. The number of thiazole rings is 1. The van der Waals surface area contributed by atoms with E-state index in [9.17, 15) is 4.79 Å². The maximum absolute atomic E-state index is 12.5. The zero-order chi connectivity index (χ0) is 16.5. The lowest BCUT2D eigenvalue weighted by atomic mass is 9.91. The summed E-state index contributed by atoms with van der Waals surface area (Å²) in [6, 6.07) is 10.6. The number of thiophene rings is 1. The summed E-state index contributed by atoms with van der Waals surface area (Å²) in [5.74, 6) is 0.0267. The summed E-state index contributed by atoms with van der Waals surface area (Å²) in [7, 11) is 0. The minimum absolute atomic E-state index is 0.0267. The molecule has 4 rings (SSSR count). The van der Waals surface area contributed by atoms with Crippen molar-refractivity contribution in [2.75, 3.05) is 6.54 Å². The summed E-state index contributed by atoms with van der Waals surface area (Å²) in [5.41, 5.74) is 5.04. The van der Waals surface area contributed by atoms with Crippen molar-refractivity contribution in [2.45, 2.75) is 26.2 Å². The van der Waals surface area contributed by atoms with E-state index in [0.29, 0.717) is 6.54 Å². The molecule has 5 heteroatoms. The van der Waals surface area contributed by atoms with Crippen molar-refractivity contribution < 1.29 is 4.79 Å². The third-order valence-electron chi connectivity index (χ3n) is 4.29. The molecular weight excluding hydrogens is 336 g/mol. The zero-order valence-corrected chi connectivity index (χ0v) is 15.1. The number of carbonyl (C=O) groups excluding carboxylic acids is 1.